The first kappa shape index (κ1) is 15.7. The molecule has 2 bridgehead atoms. The number of alkyl halides is 3. The zero-order valence-corrected chi connectivity index (χ0v) is 12.5. The van der Waals surface area contributed by atoms with Crippen LogP contribution in [0.5, 0.6) is 0 Å². The SMILES string of the molecule is CN(Cc1cc(F)cc(C(F)(F)F)c1)C1CC2CCC(C1)N2. The number of hydrogen-bond acceptors (Lipinski definition) is 2. The Kier molecular flexibility index (Phi) is 4.16. The molecule has 0 amide bonds. The Bertz CT molecular complexity index is 531. The first-order valence-corrected chi connectivity index (χ1v) is 7.64. The number of piperidine rings is 1. The quantitative estimate of drug-likeness (QED) is 0.858. The Balaban J connectivity index is 1.71. The monoisotopic (exact) mass is 316 g/mol. The molecule has 2 atom stereocenters. The lowest BCUT2D eigenvalue weighted by Gasteiger charge is -2.35. The molecule has 122 valence electrons. The van der Waals surface area contributed by atoms with E-state index in [1.165, 1.54) is 18.9 Å². The third-order valence-electron chi connectivity index (χ3n) is 4.79. The van der Waals surface area contributed by atoms with Gasteiger partial charge in [-0.2, -0.15) is 13.2 Å². The number of rotatable bonds is 3. The molecule has 2 saturated heterocycles. The van der Waals surface area contributed by atoms with Crippen molar-refractivity contribution >= 4 is 0 Å². The Morgan fingerprint density at radius 3 is 2.36 bits per heavy atom. The van der Waals surface area contributed by atoms with E-state index in [4.69, 9.17) is 0 Å². The van der Waals surface area contributed by atoms with Gasteiger partial charge in [0, 0.05) is 24.7 Å². The Morgan fingerprint density at radius 1 is 1.14 bits per heavy atom. The van der Waals surface area contributed by atoms with Crippen molar-refractivity contribution in [1.29, 1.82) is 0 Å². The molecule has 6 heteroatoms. The Morgan fingerprint density at radius 2 is 1.77 bits per heavy atom. The van der Waals surface area contributed by atoms with Crippen LogP contribution in [0.2, 0.25) is 0 Å². The van der Waals surface area contributed by atoms with Gasteiger partial charge in [-0.25, -0.2) is 4.39 Å². The van der Waals surface area contributed by atoms with E-state index >= 15 is 0 Å². The second kappa shape index (κ2) is 5.81. The summed E-state index contributed by atoms with van der Waals surface area (Å²) in [6, 6.07) is 4.18. The lowest BCUT2D eigenvalue weighted by molar-refractivity contribution is -0.137. The van der Waals surface area contributed by atoms with E-state index in [0.29, 0.717) is 36.3 Å². The van der Waals surface area contributed by atoms with Crippen LogP contribution >= 0.6 is 0 Å². The first-order chi connectivity index (χ1) is 10.3. The number of nitrogens with zero attached hydrogens (tertiary/aromatic N) is 1. The van der Waals surface area contributed by atoms with E-state index < -0.39 is 17.6 Å². The van der Waals surface area contributed by atoms with E-state index in [1.807, 2.05) is 7.05 Å². The molecule has 3 rings (SSSR count). The second-order valence-electron chi connectivity index (χ2n) is 6.52. The van der Waals surface area contributed by atoms with Crippen molar-refractivity contribution in [2.45, 2.75) is 56.5 Å². The summed E-state index contributed by atoms with van der Waals surface area (Å²) in [7, 11) is 1.91. The molecule has 22 heavy (non-hydrogen) atoms. The van der Waals surface area contributed by atoms with Gasteiger partial charge in [-0.15, -0.1) is 0 Å². The molecule has 0 radical (unpaired) electrons. The van der Waals surface area contributed by atoms with Crippen LogP contribution in [0.15, 0.2) is 18.2 Å². The van der Waals surface area contributed by atoms with Gasteiger partial charge < -0.3 is 5.32 Å². The van der Waals surface area contributed by atoms with Gasteiger partial charge in [0.25, 0.3) is 0 Å². The maximum absolute atomic E-state index is 13.5. The zero-order valence-electron chi connectivity index (χ0n) is 12.5. The van der Waals surface area contributed by atoms with Crippen molar-refractivity contribution in [3.8, 4) is 0 Å². The molecule has 2 heterocycles. The summed E-state index contributed by atoms with van der Waals surface area (Å²) >= 11 is 0. The summed E-state index contributed by atoms with van der Waals surface area (Å²) in [5, 5.41) is 3.54. The molecular weight excluding hydrogens is 296 g/mol. The minimum absolute atomic E-state index is 0.338. The number of benzene rings is 1. The van der Waals surface area contributed by atoms with Gasteiger partial charge >= 0.3 is 6.18 Å². The normalized spacial score (nSPS) is 28.4. The van der Waals surface area contributed by atoms with Gasteiger partial charge in [0.05, 0.1) is 5.56 Å². The maximum atomic E-state index is 13.5. The van der Waals surface area contributed by atoms with Crippen LogP contribution in [0, 0.1) is 5.82 Å². The van der Waals surface area contributed by atoms with E-state index in [9.17, 15) is 17.6 Å². The number of halogens is 4. The van der Waals surface area contributed by atoms with Crippen molar-refractivity contribution in [2.75, 3.05) is 7.05 Å². The van der Waals surface area contributed by atoms with E-state index in [-0.39, 0.29) is 0 Å². The minimum atomic E-state index is -4.51. The summed E-state index contributed by atoms with van der Waals surface area (Å²) in [5.41, 5.74) is -0.540. The molecule has 1 N–H and O–H groups in total. The molecular formula is C16H20F4N2. The van der Waals surface area contributed by atoms with Gasteiger partial charge in [-0.3, -0.25) is 4.90 Å². The average Bonchev–Trinajstić information content (AvgIpc) is 2.75. The molecule has 1 aromatic carbocycles. The van der Waals surface area contributed by atoms with Crippen molar-refractivity contribution < 1.29 is 17.6 Å². The van der Waals surface area contributed by atoms with Crippen molar-refractivity contribution in [3.63, 3.8) is 0 Å². The van der Waals surface area contributed by atoms with Crippen LogP contribution in [-0.4, -0.2) is 30.1 Å². The predicted molar refractivity (Wildman–Crippen MR) is 75.8 cm³/mol. The van der Waals surface area contributed by atoms with Crippen LogP contribution in [-0.2, 0) is 12.7 Å². The molecule has 2 unspecified atom stereocenters. The largest absolute Gasteiger partial charge is 0.416 e. The first-order valence-electron chi connectivity index (χ1n) is 7.64. The standard InChI is InChI=1S/C16H20F4N2/c1-22(15-7-13-2-3-14(8-15)21-13)9-10-4-11(16(18,19)20)6-12(17)5-10/h4-6,13-15,21H,2-3,7-9H2,1H3. The van der Waals surface area contributed by atoms with Gasteiger partial charge in [0.1, 0.15) is 5.82 Å². The third kappa shape index (κ3) is 3.43. The molecule has 2 nitrogen and oxygen atoms in total. The third-order valence-corrected chi connectivity index (χ3v) is 4.79. The van der Waals surface area contributed by atoms with Gasteiger partial charge in [-0.1, -0.05) is 0 Å². The van der Waals surface area contributed by atoms with E-state index in [1.54, 1.807) is 0 Å². The summed E-state index contributed by atoms with van der Waals surface area (Å²) in [4.78, 5) is 2.06. The van der Waals surface area contributed by atoms with E-state index in [2.05, 4.69) is 10.2 Å². The fourth-order valence-electron chi connectivity index (χ4n) is 3.71. The van der Waals surface area contributed by atoms with Crippen LogP contribution in [0.4, 0.5) is 17.6 Å². The fraction of sp³-hybridized carbons (Fsp3) is 0.625. The number of fused-ring (bicyclic) bond motifs is 2. The molecule has 0 spiro atoms. The molecule has 2 fully saturated rings. The van der Waals surface area contributed by atoms with Crippen molar-refractivity contribution in [2.24, 2.45) is 0 Å². The number of hydrogen-bond donors (Lipinski definition) is 1. The zero-order chi connectivity index (χ0) is 15.9. The minimum Gasteiger partial charge on any atom is -0.311 e. The molecule has 2 aliphatic heterocycles. The topological polar surface area (TPSA) is 15.3 Å². The summed E-state index contributed by atoms with van der Waals surface area (Å²) < 4.78 is 51.7. The molecule has 0 saturated carbocycles. The average molecular weight is 316 g/mol. The van der Waals surface area contributed by atoms with Gasteiger partial charge in [0.2, 0.25) is 0 Å². The molecule has 0 aromatic heterocycles. The predicted octanol–water partition coefficient (Wildman–Crippen LogP) is 3.56. The van der Waals surface area contributed by atoms with E-state index in [0.717, 1.165) is 18.9 Å². The maximum Gasteiger partial charge on any atom is 0.416 e. The van der Waals surface area contributed by atoms with Crippen molar-refractivity contribution in [3.05, 3.63) is 35.1 Å². The Hall–Kier alpha value is -1.14. The van der Waals surface area contributed by atoms with Gasteiger partial charge in [-0.05, 0) is 56.5 Å². The van der Waals surface area contributed by atoms with Crippen LogP contribution in [0.3, 0.4) is 0 Å². The van der Waals surface area contributed by atoms with Crippen LogP contribution < -0.4 is 5.32 Å². The van der Waals surface area contributed by atoms with Crippen LogP contribution in [0.1, 0.15) is 36.8 Å². The summed E-state index contributed by atoms with van der Waals surface area (Å²) in [6.45, 7) is 0.338. The highest BCUT2D eigenvalue weighted by Crippen LogP contribution is 2.32. The molecule has 0 aliphatic carbocycles. The van der Waals surface area contributed by atoms with Crippen LogP contribution in [0.25, 0.3) is 0 Å². The lowest BCUT2D eigenvalue weighted by atomic mass is 9.98. The van der Waals surface area contributed by atoms with Gasteiger partial charge in [0.15, 0.2) is 0 Å². The summed E-state index contributed by atoms with van der Waals surface area (Å²) in [6.07, 6.45) is -0.146. The molecule has 1 aromatic rings. The highest BCUT2D eigenvalue weighted by Gasteiger charge is 2.35. The van der Waals surface area contributed by atoms with Crippen molar-refractivity contribution in [1.82, 2.24) is 10.2 Å². The number of nitrogens with one attached hydrogen (secondary N) is 1. The smallest absolute Gasteiger partial charge is 0.311 e. The highest BCUT2D eigenvalue weighted by molar-refractivity contribution is 5.27. The fourth-order valence-corrected chi connectivity index (χ4v) is 3.71. The Labute approximate surface area is 127 Å². The molecule has 2 aliphatic rings. The highest BCUT2D eigenvalue weighted by atomic mass is 19.4. The second-order valence-corrected chi connectivity index (χ2v) is 6.52. The lowest BCUT2D eigenvalue weighted by Crippen LogP contribution is -2.46. The summed E-state index contributed by atoms with van der Waals surface area (Å²) in [5.74, 6) is -0.830.